The standard InChI is InChI=1S/C19H25ClN4O2/c1-21-19(24(2)14-15-6-4-8-17(20)12-15)23-13-16-7-5-9-22-18(16)26-11-10-25-3/h4-9,12H,10-11,13-14H2,1-3H3,(H,21,23). The molecule has 0 saturated carbocycles. The van der Waals surface area contributed by atoms with Crippen molar-refractivity contribution in [2.24, 2.45) is 4.99 Å². The largest absolute Gasteiger partial charge is 0.475 e. The minimum Gasteiger partial charge on any atom is -0.475 e. The fourth-order valence-electron chi connectivity index (χ4n) is 2.45. The summed E-state index contributed by atoms with van der Waals surface area (Å²) in [6.07, 6.45) is 1.71. The number of hydrogen-bond acceptors (Lipinski definition) is 4. The van der Waals surface area contributed by atoms with Crippen molar-refractivity contribution >= 4 is 17.6 Å². The minimum absolute atomic E-state index is 0.462. The SMILES string of the molecule is CN=C(NCc1cccnc1OCCOC)N(C)Cc1cccc(Cl)c1. The molecule has 0 radical (unpaired) electrons. The lowest BCUT2D eigenvalue weighted by Gasteiger charge is -2.22. The molecule has 1 N–H and O–H groups in total. The summed E-state index contributed by atoms with van der Waals surface area (Å²) in [5, 5.41) is 4.07. The molecule has 0 aliphatic rings. The molecule has 7 heteroatoms. The van der Waals surface area contributed by atoms with E-state index in [0.29, 0.717) is 32.2 Å². The Morgan fingerprint density at radius 2 is 2.12 bits per heavy atom. The summed E-state index contributed by atoms with van der Waals surface area (Å²) in [5.74, 6) is 1.38. The van der Waals surface area contributed by atoms with E-state index < -0.39 is 0 Å². The predicted molar refractivity (Wildman–Crippen MR) is 105 cm³/mol. The summed E-state index contributed by atoms with van der Waals surface area (Å²) in [6, 6.07) is 11.7. The van der Waals surface area contributed by atoms with Gasteiger partial charge < -0.3 is 19.7 Å². The maximum Gasteiger partial charge on any atom is 0.218 e. The fourth-order valence-corrected chi connectivity index (χ4v) is 2.67. The summed E-state index contributed by atoms with van der Waals surface area (Å²) in [6.45, 7) is 2.24. The summed E-state index contributed by atoms with van der Waals surface area (Å²) in [4.78, 5) is 10.7. The summed E-state index contributed by atoms with van der Waals surface area (Å²) < 4.78 is 10.7. The predicted octanol–water partition coefficient (Wildman–Crippen LogP) is 2.97. The van der Waals surface area contributed by atoms with Crippen LogP contribution in [0.25, 0.3) is 0 Å². The van der Waals surface area contributed by atoms with Crippen molar-refractivity contribution in [3.63, 3.8) is 0 Å². The Kier molecular flexibility index (Phi) is 8.18. The van der Waals surface area contributed by atoms with Gasteiger partial charge >= 0.3 is 0 Å². The van der Waals surface area contributed by atoms with Crippen molar-refractivity contribution in [3.8, 4) is 5.88 Å². The van der Waals surface area contributed by atoms with E-state index in [1.807, 2.05) is 48.3 Å². The number of aliphatic imine (C=N–C) groups is 1. The molecule has 0 bridgehead atoms. The van der Waals surface area contributed by atoms with Crippen molar-refractivity contribution in [1.29, 1.82) is 0 Å². The number of nitrogens with zero attached hydrogens (tertiary/aromatic N) is 3. The van der Waals surface area contributed by atoms with E-state index in [1.54, 1.807) is 20.4 Å². The highest BCUT2D eigenvalue weighted by Gasteiger charge is 2.10. The molecule has 0 unspecified atom stereocenters. The molecular weight excluding hydrogens is 352 g/mol. The number of ether oxygens (including phenoxy) is 2. The Labute approximate surface area is 159 Å². The van der Waals surface area contributed by atoms with Gasteiger partial charge in [0.2, 0.25) is 5.88 Å². The van der Waals surface area contributed by atoms with Crippen LogP contribution in [0.5, 0.6) is 5.88 Å². The van der Waals surface area contributed by atoms with E-state index in [0.717, 1.165) is 22.1 Å². The number of benzene rings is 1. The number of pyridine rings is 1. The summed E-state index contributed by atoms with van der Waals surface area (Å²) in [7, 11) is 5.38. The molecular formula is C19H25ClN4O2. The zero-order valence-electron chi connectivity index (χ0n) is 15.4. The third kappa shape index (κ3) is 6.20. The van der Waals surface area contributed by atoms with Crippen LogP contribution in [-0.2, 0) is 17.8 Å². The van der Waals surface area contributed by atoms with Crippen LogP contribution < -0.4 is 10.1 Å². The Bertz CT molecular complexity index is 724. The lowest BCUT2D eigenvalue weighted by molar-refractivity contribution is 0.143. The maximum absolute atomic E-state index is 6.06. The molecule has 0 aliphatic carbocycles. The van der Waals surface area contributed by atoms with Crippen molar-refractivity contribution in [2.75, 3.05) is 34.4 Å². The van der Waals surface area contributed by atoms with Crippen LogP contribution in [-0.4, -0.2) is 50.3 Å². The van der Waals surface area contributed by atoms with E-state index in [1.165, 1.54) is 0 Å². The third-order valence-electron chi connectivity index (χ3n) is 3.70. The van der Waals surface area contributed by atoms with Gasteiger partial charge in [-0.2, -0.15) is 0 Å². The van der Waals surface area contributed by atoms with Crippen LogP contribution >= 0.6 is 11.6 Å². The monoisotopic (exact) mass is 376 g/mol. The van der Waals surface area contributed by atoms with Gasteiger partial charge in [-0.05, 0) is 23.8 Å². The average molecular weight is 377 g/mol. The Morgan fingerprint density at radius 3 is 2.85 bits per heavy atom. The second-order valence-corrected chi connectivity index (χ2v) is 6.13. The minimum atomic E-state index is 0.462. The average Bonchev–Trinajstić information content (AvgIpc) is 2.63. The van der Waals surface area contributed by atoms with E-state index in [-0.39, 0.29) is 0 Å². The highest BCUT2D eigenvalue weighted by atomic mass is 35.5. The van der Waals surface area contributed by atoms with Gasteiger partial charge in [0.25, 0.3) is 0 Å². The van der Waals surface area contributed by atoms with Gasteiger partial charge in [0, 0.05) is 51.1 Å². The lowest BCUT2D eigenvalue weighted by atomic mass is 10.2. The second kappa shape index (κ2) is 10.6. The molecule has 0 saturated heterocycles. The van der Waals surface area contributed by atoms with E-state index in [2.05, 4.69) is 15.3 Å². The van der Waals surface area contributed by atoms with Gasteiger partial charge in [0.15, 0.2) is 5.96 Å². The molecule has 140 valence electrons. The van der Waals surface area contributed by atoms with Crippen molar-refractivity contribution < 1.29 is 9.47 Å². The van der Waals surface area contributed by atoms with Crippen LogP contribution in [0.3, 0.4) is 0 Å². The Balaban J connectivity index is 1.96. The number of guanidine groups is 1. The van der Waals surface area contributed by atoms with Gasteiger partial charge in [0.05, 0.1) is 6.61 Å². The maximum atomic E-state index is 6.06. The van der Waals surface area contributed by atoms with Gasteiger partial charge in [-0.15, -0.1) is 0 Å². The van der Waals surface area contributed by atoms with Gasteiger partial charge in [0.1, 0.15) is 6.61 Å². The van der Waals surface area contributed by atoms with Crippen LogP contribution in [0.4, 0.5) is 0 Å². The number of nitrogens with one attached hydrogen (secondary N) is 1. The van der Waals surface area contributed by atoms with E-state index in [4.69, 9.17) is 21.1 Å². The Morgan fingerprint density at radius 1 is 1.27 bits per heavy atom. The van der Waals surface area contributed by atoms with Crippen LogP contribution in [0, 0.1) is 0 Å². The topological polar surface area (TPSA) is 59.0 Å². The van der Waals surface area contributed by atoms with Gasteiger partial charge in [-0.1, -0.05) is 29.8 Å². The molecule has 2 rings (SSSR count). The Hall–Kier alpha value is -2.31. The first-order valence-electron chi connectivity index (χ1n) is 8.36. The third-order valence-corrected chi connectivity index (χ3v) is 3.93. The van der Waals surface area contributed by atoms with E-state index >= 15 is 0 Å². The number of rotatable bonds is 8. The van der Waals surface area contributed by atoms with Crippen molar-refractivity contribution in [2.45, 2.75) is 13.1 Å². The molecule has 0 spiro atoms. The molecule has 1 aromatic carbocycles. The van der Waals surface area contributed by atoms with Crippen LogP contribution in [0.2, 0.25) is 5.02 Å². The first-order chi connectivity index (χ1) is 12.6. The molecule has 0 aliphatic heterocycles. The first kappa shape index (κ1) is 20.0. The number of aromatic nitrogens is 1. The van der Waals surface area contributed by atoms with Crippen LogP contribution in [0.15, 0.2) is 47.6 Å². The molecule has 0 atom stereocenters. The fraction of sp³-hybridized carbons (Fsp3) is 0.368. The van der Waals surface area contributed by atoms with E-state index in [9.17, 15) is 0 Å². The zero-order valence-corrected chi connectivity index (χ0v) is 16.2. The molecule has 0 amide bonds. The molecule has 6 nitrogen and oxygen atoms in total. The summed E-state index contributed by atoms with van der Waals surface area (Å²) >= 11 is 6.06. The molecule has 1 heterocycles. The summed E-state index contributed by atoms with van der Waals surface area (Å²) in [5.41, 5.74) is 2.08. The highest BCUT2D eigenvalue weighted by Crippen LogP contribution is 2.15. The first-order valence-corrected chi connectivity index (χ1v) is 8.73. The quantitative estimate of drug-likeness (QED) is 0.436. The lowest BCUT2D eigenvalue weighted by Crippen LogP contribution is -2.38. The second-order valence-electron chi connectivity index (χ2n) is 5.70. The molecule has 26 heavy (non-hydrogen) atoms. The highest BCUT2D eigenvalue weighted by molar-refractivity contribution is 6.30. The van der Waals surface area contributed by atoms with Crippen molar-refractivity contribution in [3.05, 3.63) is 58.7 Å². The van der Waals surface area contributed by atoms with Gasteiger partial charge in [-0.25, -0.2) is 4.98 Å². The van der Waals surface area contributed by atoms with Crippen molar-refractivity contribution in [1.82, 2.24) is 15.2 Å². The molecule has 2 aromatic rings. The molecule has 0 fully saturated rings. The zero-order chi connectivity index (χ0) is 18.8. The van der Waals surface area contributed by atoms with Crippen LogP contribution in [0.1, 0.15) is 11.1 Å². The number of hydrogen-bond donors (Lipinski definition) is 1. The molecule has 1 aromatic heterocycles. The smallest absolute Gasteiger partial charge is 0.218 e. The van der Waals surface area contributed by atoms with Gasteiger partial charge in [-0.3, -0.25) is 4.99 Å². The number of halogens is 1. The number of methoxy groups -OCH3 is 1. The normalized spacial score (nSPS) is 11.3.